The third-order valence-electron chi connectivity index (χ3n) is 3.14. The van der Waals surface area contributed by atoms with E-state index in [1.54, 1.807) is 0 Å². The smallest absolute Gasteiger partial charge is 0.266 e. The molecule has 0 heterocycles. The summed E-state index contributed by atoms with van der Waals surface area (Å²) in [6.07, 6.45) is 7.50. The summed E-state index contributed by atoms with van der Waals surface area (Å²) >= 11 is 0. The Morgan fingerprint density at radius 3 is 2.18 bits per heavy atom. The number of carbonyl (C=O) groups is 1. The lowest BCUT2D eigenvalue weighted by atomic mass is 9.90. The van der Waals surface area contributed by atoms with Crippen molar-refractivity contribution in [1.82, 2.24) is 5.32 Å². The van der Waals surface area contributed by atoms with Gasteiger partial charge in [-0.05, 0) is 12.8 Å². The molecule has 0 spiro atoms. The Morgan fingerprint density at radius 1 is 1.12 bits per heavy atom. The lowest BCUT2D eigenvalue weighted by Crippen LogP contribution is -2.34. The first-order chi connectivity index (χ1) is 7.99. The summed E-state index contributed by atoms with van der Waals surface area (Å²) in [5.41, 5.74) is 0. The molecule has 1 amide bonds. The maximum atomic E-state index is 11.8. The van der Waals surface area contributed by atoms with E-state index < -0.39 is 15.9 Å². The van der Waals surface area contributed by atoms with Gasteiger partial charge >= 0.3 is 0 Å². The molecule has 0 radical (unpaired) electrons. The van der Waals surface area contributed by atoms with Crippen molar-refractivity contribution < 1.29 is 17.8 Å². The third-order valence-corrected chi connectivity index (χ3v) is 3.86. The molecule has 0 aliphatic heterocycles. The Kier molecular flexibility index (Phi) is 5.91. The SMILES string of the molecule is O=C(NCCS(=O)(=O)O)C1CCCCCCC1. The molecule has 0 unspecified atom stereocenters. The Hall–Kier alpha value is -0.620. The largest absolute Gasteiger partial charge is 0.355 e. The van der Waals surface area contributed by atoms with Crippen LogP contribution in [0.15, 0.2) is 0 Å². The summed E-state index contributed by atoms with van der Waals surface area (Å²) in [5.74, 6) is -0.474. The molecule has 0 aromatic heterocycles. The molecule has 6 heteroatoms. The van der Waals surface area contributed by atoms with Crippen LogP contribution in [0.5, 0.6) is 0 Å². The minimum Gasteiger partial charge on any atom is -0.355 e. The van der Waals surface area contributed by atoms with Crippen LogP contribution in [0.4, 0.5) is 0 Å². The molecule has 1 rings (SSSR count). The fourth-order valence-electron chi connectivity index (χ4n) is 2.17. The van der Waals surface area contributed by atoms with Gasteiger partial charge in [0.1, 0.15) is 0 Å². The van der Waals surface area contributed by atoms with Crippen LogP contribution in [-0.2, 0) is 14.9 Å². The van der Waals surface area contributed by atoms with Gasteiger partial charge in [-0.2, -0.15) is 8.42 Å². The fraction of sp³-hybridized carbons (Fsp3) is 0.909. The summed E-state index contributed by atoms with van der Waals surface area (Å²) in [4.78, 5) is 11.8. The van der Waals surface area contributed by atoms with E-state index in [2.05, 4.69) is 5.32 Å². The molecule has 1 fully saturated rings. The van der Waals surface area contributed by atoms with E-state index in [0.717, 1.165) is 25.7 Å². The van der Waals surface area contributed by atoms with Crippen LogP contribution >= 0.6 is 0 Å². The van der Waals surface area contributed by atoms with Gasteiger partial charge in [-0.15, -0.1) is 0 Å². The monoisotopic (exact) mass is 263 g/mol. The van der Waals surface area contributed by atoms with E-state index >= 15 is 0 Å². The quantitative estimate of drug-likeness (QED) is 0.750. The van der Waals surface area contributed by atoms with E-state index in [4.69, 9.17) is 4.55 Å². The minimum atomic E-state index is -3.98. The summed E-state index contributed by atoms with van der Waals surface area (Å²) in [6, 6.07) is 0. The van der Waals surface area contributed by atoms with E-state index in [-0.39, 0.29) is 18.4 Å². The van der Waals surface area contributed by atoms with Crippen LogP contribution in [0.2, 0.25) is 0 Å². The maximum Gasteiger partial charge on any atom is 0.266 e. The Labute approximate surface area is 103 Å². The van der Waals surface area contributed by atoms with Crippen molar-refractivity contribution in [3.05, 3.63) is 0 Å². The van der Waals surface area contributed by atoms with E-state index in [0.29, 0.717) is 0 Å². The first-order valence-electron chi connectivity index (χ1n) is 6.22. The van der Waals surface area contributed by atoms with Crippen molar-refractivity contribution in [1.29, 1.82) is 0 Å². The highest BCUT2D eigenvalue weighted by Crippen LogP contribution is 2.22. The first-order valence-corrected chi connectivity index (χ1v) is 7.83. The molecule has 17 heavy (non-hydrogen) atoms. The highest BCUT2D eigenvalue weighted by molar-refractivity contribution is 7.85. The van der Waals surface area contributed by atoms with Gasteiger partial charge in [0.15, 0.2) is 0 Å². The van der Waals surface area contributed by atoms with Crippen molar-refractivity contribution in [3.63, 3.8) is 0 Å². The molecule has 2 N–H and O–H groups in total. The first kappa shape index (κ1) is 14.4. The van der Waals surface area contributed by atoms with Gasteiger partial charge in [-0.25, -0.2) is 0 Å². The standard InChI is InChI=1S/C11H21NO4S/c13-11(12-8-9-17(14,15)16)10-6-4-2-1-3-5-7-10/h10H,1-9H2,(H,12,13)(H,14,15,16). The maximum absolute atomic E-state index is 11.8. The fourth-order valence-corrected chi connectivity index (χ4v) is 2.53. The summed E-state index contributed by atoms with van der Waals surface area (Å²) in [6.45, 7) is -0.00579. The minimum absolute atomic E-state index is 0.00579. The van der Waals surface area contributed by atoms with Crippen LogP contribution in [0.25, 0.3) is 0 Å². The molecule has 0 atom stereocenters. The van der Waals surface area contributed by atoms with Gasteiger partial charge in [0.05, 0.1) is 5.75 Å². The third kappa shape index (κ3) is 6.63. The highest BCUT2D eigenvalue weighted by atomic mass is 32.2. The summed E-state index contributed by atoms with van der Waals surface area (Å²) in [7, 11) is -3.98. The molecule has 0 aromatic rings. The van der Waals surface area contributed by atoms with Crippen LogP contribution in [0.1, 0.15) is 44.9 Å². The van der Waals surface area contributed by atoms with Crippen molar-refractivity contribution in [2.45, 2.75) is 44.9 Å². The van der Waals surface area contributed by atoms with Crippen LogP contribution < -0.4 is 5.32 Å². The van der Waals surface area contributed by atoms with Gasteiger partial charge in [-0.1, -0.05) is 32.1 Å². The number of rotatable bonds is 4. The van der Waals surface area contributed by atoms with Crippen molar-refractivity contribution in [2.75, 3.05) is 12.3 Å². The average molecular weight is 263 g/mol. The second kappa shape index (κ2) is 6.96. The molecule has 0 saturated heterocycles. The molecular weight excluding hydrogens is 242 g/mol. The zero-order chi connectivity index (χ0) is 12.7. The number of nitrogens with one attached hydrogen (secondary N) is 1. The van der Waals surface area contributed by atoms with Gasteiger partial charge in [-0.3, -0.25) is 9.35 Å². The average Bonchev–Trinajstić information content (AvgIpc) is 2.14. The molecule has 5 nitrogen and oxygen atoms in total. The lowest BCUT2D eigenvalue weighted by Gasteiger charge is -2.18. The zero-order valence-electron chi connectivity index (χ0n) is 10.0. The topological polar surface area (TPSA) is 83.5 Å². The number of hydrogen-bond donors (Lipinski definition) is 2. The summed E-state index contributed by atoms with van der Waals surface area (Å²) < 4.78 is 29.5. The molecule has 100 valence electrons. The van der Waals surface area contributed by atoms with E-state index in [1.165, 1.54) is 19.3 Å². The highest BCUT2D eigenvalue weighted by Gasteiger charge is 2.19. The number of amides is 1. The van der Waals surface area contributed by atoms with E-state index in [9.17, 15) is 13.2 Å². The van der Waals surface area contributed by atoms with Gasteiger partial charge in [0.25, 0.3) is 10.1 Å². The molecule has 1 aliphatic carbocycles. The van der Waals surface area contributed by atoms with Gasteiger partial charge < -0.3 is 5.32 Å². The second-order valence-corrected chi connectivity index (χ2v) is 6.19. The van der Waals surface area contributed by atoms with E-state index in [1.807, 2.05) is 0 Å². The van der Waals surface area contributed by atoms with Gasteiger partial charge in [0.2, 0.25) is 5.91 Å². The van der Waals surface area contributed by atoms with Crippen molar-refractivity contribution in [2.24, 2.45) is 5.92 Å². The predicted octanol–water partition coefficient (Wildman–Crippen LogP) is 1.35. The number of hydrogen-bond acceptors (Lipinski definition) is 3. The van der Waals surface area contributed by atoms with Crippen LogP contribution in [-0.4, -0.2) is 31.2 Å². The van der Waals surface area contributed by atoms with Crippen LogP contribution in [0.3, 0.4) is 0 Å². The Morgan fingerprint density at radius 2 is 1.65 bits per heavy atom. The van der Waals surface area contributed by atoms with Crippen LogP contribution in [0, 0.1) is 5.92 Å². The molecule has 1 saturated carbocycles. The van der Waals surface area contributed by atoms with Crippen molar-refractivity contribution in [3.8, 4) is 0 Å². The molecule has 0 bridgehead atoms. The molecule has 0 aromatic carbocycles. The normalized spacial score (nSPS) is 19.4. The zero-order valence-corrected chi connectivity index (χ0v) is 10.8. The molecule has 1 aliphatic rings. The Bertz CT molecular complexity index is 331. The van der Waals surface area contributed by atoms with Gasteiger partial charge in [0, 0.05) is 12.5 Å². The second-order valence-electron chi connectivity index (χ2n) is 4.62. The molecular formula is C11H21NO4S. The summed E-state index contributed by atoms with van der Waals surface area (Å²) in [5, 5.41) is 2.58. The Balaban J connectivity index is 2.29. The lowest BCUT2D eigenvalue weighted by molar-refractivity contribution is -0.125. The van der Waals surface area contributed by atoms with Crippen molar-refractivity contribution >= 4 is 16.0 Å². The number of carbonyl (C=O) groups excluding carboxylic acids is 1. The predicted molar refractivity (Wildman–Crippen MR) is 65.2 cm³/mol.